The van der Waals surface area contributed by atoms with E-state index >= 15 is 0 Å². The molecule has 0 bridgehead atoms. The van der Waals surface area contributed by atoms with Crippen molar-refractivity contribution in [3.05, 3.63) is 51.2 Å². The highest BCUT2D eigenvalue weighted by Gasteiger charge is 2.20. The fourth-order valence-electron chi connectivity index (χ4n) is 1.60. The number of hydrogen-bond acceptors (Lipinski definition) is 3. The third-order valence-corrected chi connectivity index (χ3v) is 5.43. The van der Waals surface area contributed by atoms with Gasteiger partial charge >= 0.3 is 0 Å². The largest absolute Gasteiger partial charge is 0.241 e. The molecule has 0 aliphatic heterocycles. The minimum atomic E-state index is -4.01. The van der Waals surface area contributed by atoms with Crippen LogP contribution >= 0.6 is 22.9 Å². The number of thiophene rings is 1. The lowest BCUT2D eigenvalue weighted by atomic mass is 10.3. The Kier molecular flexibility index (Phi) is 4.43. The van der Waals surface area contributed by atoms with Crippen molar-refractivity contribution in [2.45, 2.75) is 17.9 Å². The molecule has 20 heavy (non-hydrogen) atoms. The quantitative estimate of drug-likeness (QED) is 0.924. The first-order valence-corrected chi connectivity index (χ1v) is 8.19. The highest BCUT2D eigenvalue weighted by molar-refractivity contribution is 7.89. The van der Waals surface area contributed by atoms with Crippen LogP contribution in [0.2, 0.25) is 4.34 Å². The van der Waals surface area contributed by atoms with Gasteiger partial charge in [0.2, 0.25) is 10.0 Å². The van der Waals surface area contributed by atoms with E-state index in [1.165, 1.54) is 11.3 Å². The molecule has 0 fully saturated rings. The Hall–Kier alpha value is -1.02. The van der Waals surface area contributed by atoms with Crippen LogP contribution in [0.4, 0.5) is 8.78 Å². The van der Waals surface area contributed by atoms with E-state index in [2.05, 4.69) is 4.72 Å². The van der Waals surface area contributed by atoms with Crippen molar-refractivity contribution in [3.63, 3.8) is 0 Å². The van der Waals surface area contributed by atoms with Gasteiger partial charge in [-0.2, -0.15) is 0 Å². The Morgan fingerprint density at radius 2 is 1.80 bits per heavy atom. The summed E-state index contributed by atoms with van der Waals surface area (Å²) in [5.74, 6) is -1.89. The molecule has 0 saturated heterocycles. The van der Waals surface area contributed by atoms with Gasteiger partial charge < -0.3 is 0 Å². The summed E-state index contributed by atoms with van der Waals surface area (Å²) in [5, 5.41) is 0. The van der Waals surface area contributed by atoms with Gasteiger partial charge in [0.1, 0.15) is 11.6 Å². The second-order valence-corrected chi connectivity index (χ2v) is 7.55. The Morgan fingerprint density at radius 3 is 2.30 bits per heavy atom. The van der Waals surface area contributed by atoms with Crippen molar-refractivity contribution in [2.24, 2.45) is 0 Å². The van der Waals surface area contributed by atoms with Crippen molar-refractivity contribution in [1.82, 2.24) is 4.72 Å². The van der Waals surface area contributed by atoms with Gasteiger partial charge in [-0.1, -0.05) is 11.6 Å². The molecule has 2 rings (SSSR count). The minimum Gasteiger partial charge on any atom is -0.207 e. The molecule has 0 saturated carbocycles. The Bertz CT molecular complexity index is 711. The van der Waals surface area contributed by atoms with E-state index in [1.54, 1.807) is 19.1 Å². The van der Waals surface area contributed by atoms with Gasteiger partial charge in [-0.3, -0.25) is 0 Å². The maximum Gasteiger partial charge on any atom is 0.241 e. The molecule has 1 unspecified atom stereocenters. The number of sulfonamides is 1. The zero-order valence-corrected chi connectivity index (χ0v) is 12.6. The lowest BCUT2D eigenvalue weighted by Gasteiger charge is -2.12. The maximum atomic E-state index is 13.1. The smallest absolute Gasteiger partial charge is 0.207 e. The third-order valence-electron chi connectivity index (χ3n) is 2.50. The predicted octanol–water partition coefficient (Wildman–Crippen LogP) is 3.72. The van der Waals surface area contributed by atoms with Crippen molar-refractivity contribution in [1.29, 1.82) is 0 Å². The average Bonchev–Trinajstić information content (AvgIpc) is 2.74. The first-order chi connectivity index (χ1) is 9.28. The van der Waals surface area contributed by atoms with Crippen LogP contribution in [0.15, 0.2) is 35.2 Å². The summed E-state index contributed by atoms with van der Waals surface area (Å²) in [6.07, 6.45) is 0. The second-order valence-electron chi connectivity index (χ2n) is 4.09. The van der Waals surface area contributed by atoms with Crippen LogP contribution in [0.1, 0.15) is 17.8 Å². The van der Waals surface area contributed by atoms with E-state index in [1.807, 2.05) is 0 Å². The summed E-state index contributed by atoms with van der Waals surface area (Å²) in [6.45, 7) is 1.62. The van der Waals surface area contributed by atoms with Gasteiger partial charge in [-0.25, -0.2) is 21.9 Å². The number of halogens is 3. The molecule has 1 aromatic carbocycles. The summed E-state index contributed by atoms with van der Waals surface area (Å²) in [6, 6.07) is 4.92. The lowest BCUT2D eigenvalue weighted by Crippen LogP contribution is -2.26. The fourth-order valence-corrected chi connectivity index (χ4v) is 4.01. The molecular weight excluding hydrogens is 328 g/mol. The zero-order valence-electron chi connectivity index (χ0n) is 10.2. The van der Waals surface area contributed by atoms with Crippen LogP contribution in [0.25, 0.3) is 0 Å². The molecule has 0 aliphatic carbocycles. The van der Waals surface area contributed by atoms with Gasteiger partial charge in [0, 0.05) is 10.9 Å². The molecule has 0 radical (unpaired) electrons. The standard InChI is InChI=1S/C12H10ClF2NO2S2/c1-7(11-2-3-12(13)19-11)16-20(17,18)10-5-8(14)4-9(15)6-10/h2-7,16H,1H3. The first-order valence-electron chi connectivity index (χ1n) is 5.51. The lowest BCUT2D eigenvalue weighted by molar-refractivity contribution is 0.554. The molecule has 8 heteroatoms. The molecule has 3 nitrogen and oxygen atoms in total. The van der Waals surface area contributed by atoms with Crippen molar-refractivity contribution in [3.8, 4) is 0 Å². The number of nitrogens with one attached hydrogen (secondary N) is 1. The van der Waals surface area contributed by atoms with Crippen LogP contribution in [0, 0.1) is 11.6 Å². The number of rotatable bonds is 4. The van der Waals surface area contributed by atoms with Crippen LogP contribution in [0.3, 0.4) is 0 Å². The minimum absolute atomic E-state index is 0.454. The summed E-state index contributed by atoms with van der Waals surface area (Å²) in [4.78, 5) is 0.250. The molecule has 1 N–H and O–H groups in total. The molecule has 0 aliphatic rings. The summed E-state index contributed by atoms with van der Waals surface area (Å²) in [5.41, 5.74) is 0. The van der Waals surface area contributed by atoms with Crippen molar-refractivity contribution in [2.75, 3.05) is 0 Å². The third kappa shape index (κ3) is 3.54. The summed E-state index contributed by atoms with van der Waals surface area (Å²) < 4.78 is 53.1. The van der Waals surface area contributed by atoms with Gasteiger partial charge in [-0.15, -0.1) is 11.3 Å². The van der Waals surface area contributed by atoms with E-state index in [-0.39, 0.29) is 0 Å². The second kappa shape index (κ2) is 5.77. The van der Waals surface area contributed by atoms with Crippen LogP contribution < -0.4 is 4.72 Å². The van der Waals surface area contributed by atoms with Gasteiger partial charge in [-0.05, 0) is 31.2 Å². The van der Waals surface area contributed by atoms with E-state index in [4.69, 9.17) is 11.6 Å². The molecule has 2 aromatic rings. The molecule has 1 heterocycles. The Morgan fingerprint density at radius 1 is 1.20 bits per heavy atom. The maximum absolute atomic E-state index is 13.1. The molecular formula is C12H10ClF2NO2S2. The summed E-state index contributed by atoms with van der Waals surface area (Å²) in [7, 11) is -4.01. The molecule has 108 valence electrons. The molecule has 0 spiro atoms. The molecule has 0 amide bonds. The number of hydrogen-bond donors (Lipinski definition) is 1. The van der Waals surface area contributed by atoms with E-state index in [0.29, 0.717) is 15.3 Å². The van der Waals surface area contributed by atoms with Crippen molar-refractivity contribution >= 4 is 33.0 Å². The highest BCUT2D eigenvalue weighted by atomic mass is 35.5. The normalized spacial score (nSPS) is 13.4. The zero-order chi connectivity index (χ0) is 14.9. The van der Waals surface area contributed by atoms with Crippen LogP contribution in [0.5, 0.6) is 0 Å². The topological polar surface area (TPSA) is 46.2 Å². The van der Waals surface area contributed by atoms with Crippen LogP contribution in [-0.4, -0.2) is 8.42 Å². The Balaban J connectivity index is 2.27. The monoisotopic (exact) mass is 337 g/mol. The van der Waals surface area contributed by atoms with E-state index in [0.717, 1.165) is 12.1 Å². The van der Waals surface area contributed by atoms with E-state index in [9.17, 15) is 17.2 Å². The van der Waals surface area contributed by atoms with Gasteiger partial charge in [0.25, 0.3) is 0 Å². The first kappa shape index (κ1) is 15.4. The SMILES string of the molecule is CC(NS(=O)(=O)c1cc(F)cc(F)c1)c1ccc(Cl)s1. The Labute approximate surface area is 124 Å². The van der Waals surface area contributed by atoms with Crippen LogP contribution in [-0.2, 0) is 10.0 Å². The fraction of sp³-hybridized carbons (Fsp3) is 0.167. The van der Waals surface area contributed by atoms with Gasteiger partial charge in [0.05, 0.1) is 15.3 Å². The number of benzene rings is 1. The highest BCUT2D eigenvalue weighted by Crippen LogP contribution is 2.27. The average molecular weight is 338 g/mol. The van der Waals surface area contributed by atoms with Gasteiger partial charge in [0.15, 0.2) is 0 Å². The summed E-state index contributed by atoms with van der Waals surface area (Å²) >= 11 is 7.00. The predicted molar refractivity (Wildman–Crippen MR) is 74.4 cm³/mol. The van der Waals surface area contributed by atoms with Crippen molar-refractivity contribution < 1.29 is 17.2 Å². The molecule has 1 atom stereocenters. The van der Waals surface area contributed by atoms with E-state index < -0.39 is 32.6 Å². The molecule has 1 aromatic heterocycles.